The number of benzene rings is 1. The molecule has 1 unspecified atom stereocenters. The van der Waals surface area contributed by atoms with E-state index in [4.69, 9.17) is 32.4 Å². The molecule has 1 aromatic heterocycles. The summed E-state index contributed by atoms with van der Waals surface area (Å²) in [6.45, 7) is 0.990. The molecule has 25 heavy (non-hydrogen) atoms. The van der Waals surface area contributed by atoms with Crippen molar-refractivity contribution in [3.63, 3.8) is 0 Å². The minimum atomic E-state index is -1.08. The van der Waals surface area contributed by atoms with Crippen molar-refractivity contribution in [2.45, 2.75) is 13.0 Å². The van der Waals surface area contributed by atoms with Crippen LogP contribution in [-0.2, 0) is 14.3 Å². The van der Waals surface area contributed by atoms with E-state index in [2.05, 4.69) is 10.6 Å². The van der Waals surface area contributed by atoms with Crippen molar-refractivity contribution in [1.82, 2.24) is 5.32 Å². The Kier molecular flexibility index (Phi) is 6.44. The highest BCUT2D eigenvalue weighted by Gasteiger charge is 2.19. The van der Waals surface area contributed by atoms with Crippen LogP contribution in [0.15, 0.2) is 41.0 Å². The fourth-order valence-corrected chi connectivity index (χ4v) is 2.22. The largest absolute Gasteiger partial charge is 0.459 e. The number of rotatable bonds is 6. The minimum absolute atomic E-state index is 0.0657. The summed E-state index contributed by atoms with van der Waals surface area (Å²) >= 11 is 11.7. The molecule has 9 heteroatoms. The number of carbonyl (C=O) groups is 3. The molecule has 2 amide bonds. The van der Waals surface area contributed by atoms with Gasteiger partial charge in [0.1, 0.15) is 6.54 Å². The number of furan rings is 1. The first-order valence-corrected chi connectivity index (χ1v) is 7.89. The van der Waals surface area contributed by atoms with Crippen molar-refractivity contribution in [3.8, 4) is 0 Å². The molecule has 7 nitrogen and oxygen atoms in total. The lowest BCUT2D eigenvalue weighted by atomic mass is 10.3. The Morgan fingerprint density at radius 3 is 2.64 bits per heavy atom. The minimum Gasteiger partial charge on any atom is -0.459 e. The predicted molar refractivity (Wildman–Crippen MR) is 91.7 cm³/mol. The molecule has 0 radical (unpaired) electrons. The molecule has 2 aromatic rings. The van der Waals surface area contributed by atoms with Gasteiger partial charge in [-0.2, -0.15) is 0 Å². The van der Waals surface area contributed by atoms with E-state index in [-0.39, 0.29) is 10.8 Å². The maximum Gasteiger partial charge on any atom is 0.326 e. The molecule has 0 spiro atoms. The van der Waals surface area contributed by atoms with Crippen molar-refractivity contribution in [3.05, 3.63) is 52.4 Å². The number of hydrogen-bond acceptors (Lipinski definition) is 5. The van der Waals surface area contributed by atoms with E-state index < -0.39 is 30.4 Å². The molecule has 0 fully saturated rings. The molecule has 0 aliphatic carbocycles. The summed E-state index contributed by atoms with van der Waals surface area (Å²) in [5, 5.41) is 5.52. The average Bonchev–Trinajstić information content (AvgIpc) is 3.09. The van der Waals surface area contributed by atoms with Gasteiger partial charge >= 0.3 is 5.97 Å². The van der Waals surface area contributed by atoms with Crippen molar-refractivity contribution in [2.75, 3.05) is 11.9 Å². The second-order valence-corrected chi connectivity index (χ2v) is 5.75. The van der Waals surface area contributed by atoms with Crippen LogP contribution >= 0.6 is 23.2 Å². The topological polar surface area (TPSA) is 97.6 Å². The zero-order valence-corrected chi connectivity index (χ0v) is 14.6. The molecule has 132 valence electrons. The van der Waals surface area contributed by atoms with E-state index in [1.165, 1.54) is 31.4 Å². The Bertz CT molecular complexity index is 777. The van der Waals surface area contributed by atoms with E-state index in [1.54, 1.807) is 12.1 Å². The normalized spacial score (nSPS) is 11.5. The van der Waals surface area contributed by atoms with Gasteiger partial charge in [0.15, 0.2) is 11.9 Å². The summed E-state index contributed by atoms with van der Waals surface area (Å²) in [5.41, 5.74) is 0.338. The second kappa shape index (κ2) is 8.55. The first-order chi connectivity index (χ1) is 11.9. The van der Waals surface area contributed by atoms with Gasteiger partial charge in [0.05, 0.1) is 17.0 Å². The molecule has 0 aliphatic heterocycles. The van der Waals surface area contributed by atoms with Gasteiger partial charge in [0.25, 0.3) is 11.8 Å². The maximum atomic E-state index is 12.0. The second-order valence-electron chi connectivity index (χ2n) is 4.91. The monoisotopic (exact) mass is 384 g/mol. The molecule has 0 saturated heterocycles. The smallest absolute Gasteiger partial charge is 0.326 e. The third-order valence-electron chi connectivity index (χ3n) is 3.00. The molecular formula is C16H14Cl2N2O5. The van der Waals surface area contributed by atoms with Crippen LogP contribution in [0.3, 0.4) is 0 Å². The number of esters is 1. The van der Waals surface area contributed by atoms with Gasteiger partial charge in [-0.05, 0) is 37.3 Å². The Labute approximate surface area is 153 Å². The van der Waals surface area contributed by atoms with Crippen LogP contribution in [-0.4, -0.2) is 30.4 Å². The van der Waals surface area contributed by atoms with Gasteiger partial charge in [-0.1, -0.05) is 23.2 Å². The SMILES string of the molecule is CC(OC(=O)CNC(=O)c1ccco1)C(=O)Nc1ccc(Cl)cc1Cl. The third kappa shape index (κ3) is 5.51. The fourth-order valence-electron chi connectivity index (χ4n) is 1.76. The molecule has 1 heterocycles. The van der Waals surface area contributed by atoms with Gasteiger partial charge in [0.2, 0.25) is 0 Å². The highest BCUT2D eigenvalue weighted by molar-refractivity contribution is 6.36. The van der Waals surface area contributed by atoms with Crippen LogP contribution in [0.2, 0.25) is 10.0 Å². The van der Waals surface area contributed by atoms with Crippen molar-refractivity contribution in [2.24, 2.45) is 0 Å². The lowest BCUT2D eigenvalue weighted by Gasteiger charge is -2.14. The van der Waals surface area contributed by atoms with Gasteiger partial charge in [-0.15, -0.1) is 0 Å². The van der Waals surface area contributed by atoms with Crippen molar-refractivity contribution >= 4 is 46.7 Å². The Hall–Kier alpha value is -2.51. The molecule has 2 rings (SSSR count). The van der Waals surface area contributed by atoms with E-state index in [9.17, 15) is 14.4 Å². The van der Waals surface area contributed by atoms with Crippen LogP contribution in [0.25, 0.3) is 0 Å². The molecule has 0 aliphatic rings. The molecule has 1 atom stereocenters. The Balaban J connectivity index is 1.81. The zero-order valence-electron chi connectivity index (χ0n) is 13.0. The van der Waals surface area contributed by atoms with Crippen LogP contribution in [0.4, 0.5) is 5.69 Å². The zero-order chi connectivity index (χ0) is 18.4. The third-order valence-corrected chi connectivity index (χ3v) is 3.55. The summed E-state index contributed by atoms with van der Waals surface area (Å²) < 4.78 is 9.83. The van der Waals surface area contributed by atoms with Crippen LogP contribution in [0.1, 0.15) is 17.5 Å². The highest BCUT2D eigenvalue weighted by Crippen LogP contribution is 2.25. The van der Waals surface area contributed by atoms with Crippen LogP contribution in [0.5, 0.6) is 0 Å². The predicted octanol–water partition coefficient (Wildman–Crippen LogP) is 2.89. The van der Waals surface area contributed by atoms with Crippen LogP contribution < -0.4 is 10.6 Å². The number of carbonyl (C=O) groups excluding carboxylic acids is 3. The standard InChI is InChI=1S/C16H14Cl2N2O5/c1-9(15(22)20-12-5-4-10(17)7-11(12)18)25-14(21)8-19-16(23)13-3-2-6-24-13/h2-7,9H,8H2,1H3,(H,19,23)(H,20,22). The van der Waals surface area contributed by atoms with E-state index in [0.717, 1.165) is 0 Å². The van der Waals surface area contributed by atoms with Gasteiger partial charge in [-0.25, -0.2) is 0 Å². The average molecular weight is 385 g/mol. The maximum absolute atomic E-state index is 12.0. The molecule has 0 saturated carbocycles. The number of anilines is 1. The number of halogens is 2. The van der Waals surface area contributed by atoms with E-state index in [0.29, 0.717) is 10.7 Å². The first-order valence-electron chi connectivity index (χ1n) is 7.14. The summed E-state index contributed by atoms with van der Waals surface area (Å²) in [7, 11) is 0. The molecular weight excluding hydrogens is 371 g/mol. The van der Waals surface area contributed by atoms with Gasteiger partial charge in [-0.3, -0.25) is 14.4 Å². The molecule has 0 bridgehead atoms. The highest BCUT2D eigenvalue weighted by atomic mass is 35.5. The quantitative estimate of drug-likeness (QED) is 0.746. The summed E-state index contributed by atoms with van der Waals surface area (Å²) in [4.78, 5) is 35.4. The van der Waals surface area contributed by atoms with E-state index in [1.807, 2.05) is 0 Å². The fraction of sp³-hybridized carbons (Fsp3) is 0.188. The van der Waals surface area contributed by atoms with Crippen molar-refractivity contribution < 1.29 is 23.5 Å². The Morgan fingerprint density at radius 2 is 2.00 bits per heavy atom. The lowest BCUT2D eigenvalue weighted by Crippen LogP contribution is -2.35. The van der Waals surface area contributed by atoms with Gasteiger partial charge < -0.3 is 19.8 Å². The van der Waals surface area contributed by atoms with E-state index >= 15 is 0 Å². The summed E-state index contributed by atoms with van der Waals surface area (Å²) in [5.74, 6) is -1.84. The molecule has 1 aromatic carbocycles. The lowest BCUT2D eigenvalue weighted by molar-refractivity contribution is -0.152. The number of amides is 2. The summed E-state index contributed by atoms with van der Waals surface area (Å²) in [6.07, 6.45) is 0.251. The number of ether oxygens (including phenoxy) is 1. The van der Waals surface area contributed by atoms with Crippen molar-refractivity contribution in [1.29, 1.82) is 0 Å². The first kappa shape index (κ1) is 18.8. The Morgan fingerprint density at radius 1 is 1.24 bits per heavy atom. The molecule has 2 N–H and O–H groups in total. The van der Waals surface area contributed by atoms with Crippen LogP contribution in [0, 0.1) is 0 Å². The van der Waals surface area contributed by atoms with Gasteiger partial charge in [0, 0.05) is 5.02 Å². The number of hydrogen-bond donors (Lipinski definition) is 2. The number of nitrogens with one attached hydrogen (secondary N) is 2. The summed E-state index contributed by atoms with van der Waals surface area (Å²) in [6, 6.07) is 7.55.